The summed E-state index contributed by atoms with van der Waals surface area (Å²) >= 11 is 0. The van der Waals surface area contributed by atoms with Gasteiger partial charge in [0.05, 0.1) is 5.56 Å². The van der Waals surface area contributed by atoms with Gasteiger partial charge >= 0.3 is 0 Å². The van der Waals surface area contributed by atoms with Crippen molar-refractivity contribution < 1.29 is 4.79 Å². The number of likely N-dealkylation sites (tertiary alicyclic amines) is 1. The Bertz CT molecular complexity index is 425. The Balaban J connectivity index is 2.18. The lowest BCUT2D eigenvalue weighted by atomic mass is 10.0. The van der Waals surface area contributed by atoms with Gasteiger partial charge in [-0.05, 0) is 52.0 Å². The molecule has 18 heavy (non-hydrogen) atoms. The van der Waals surface area contributed by atoms with Gasteiger partial charge in [0, 0.05) is 19.3 Å². The number of carbonyl (C=O) groups excluding carboxylic acids is 1. The Morgan fingerprint density at radius 3 is 2.72 bits per heavy atom. The summed E-state index contributed by atoms with van der Waals surface area (Å²) in [6.45, 7) is 3.82. The highest BCUT2D eigenvalue weighted by molar-refractivity contribution is 5.98. The van der Waals surface area contributed by atoms with Gasteiger partial charge in [-0.2, -0.15) is 0 Å². The zero-order chi connectivity index (χ0) is 13.1. The monoisotopic (exact) mass is 247 g/mol. The molecule has 0 unspecified atom stereocenters. The molecule has 98 valence electrons. The minimum absolute atomic E-state index is 0.0814. The molecule has 0 amide bonds. The fourth-order valence-electron chi connectivity index (χ4n) is 2.51. The van der Waals surface area contributed by atoms with Crippen LogP contribution in [0.15, 0.2) is 18.3 Å². The van der Waals surface area contributed by atoms with Gasteiger partial charge in [0.2, 0.25) is 0 Å². The highest BCUT2D eigenvalue weighted by Crippen LogP contribution is 2.23. The number of carbonyl (C=O) groups is 1. The van der Waals surface area contributed by atoms with Crippen LogP contribution in [0.5, 0.6) is 0 Å². The second-order valence-electron chi connectivity index (χ2n) is 5.08. The molecule has 0 spiro atoms. The van der Waals surface area contributed by atoms with Gasteiger partial charge in [0.1, 0.15) is 5.82 Å². The molecule has 1 fully saturated rings. The molecule has 0 aliphatic carbocycles. The summed E-state index contributed by atoms with van der Waals surface area (Å²) in [6, 6.07) is 4.16. The summed E-state index contributed by atoms with van der Waals surface area (Å²) in [6.07, 6.45) is 4.01. The van der Waals surface area contributed by atoms with Crippen LogP contribution in [0.4, 0.5) is 5.82 Å². The molecule has 1 saturated heterocycles. The van der Waals surface area contributed by atoms with E-state index in [0.29, 0.717) is 6.04 Å². The fraction of sp³-hybridized carbons (Fsp3) is 0.571. The second-order valence-corrected chi connectivity index (χ2v) is 5.08. The number of hydrogen-bond acceptors (Lipinski definition) is 4. The first-order valence-corrected chi connectivity index (χ1v) is 6.47. The van der Waals surface area contributed by atoms with E-state index < -0.39 is 0 Å². The van der Waals surface area contributed by atoms with Gasteiger partial charge in [-0.3, -0.25) is 4.79 Å². The Morgan fingerprint density at radius 1 is 1.44 bits per heavy atom. The number of anilines is 1. The van der Waals surface area contributed by atoms with Crippen LogP contribution in [0.1, 0.15) is 30.1 Å². The average Bonchev–Trinajstić information content (AvgIpc) is 2.39. The first kappa shape index (κ1) is 13.0. The summed E-state index contributed by atoms with van der Waals surface area (Å²) in [5.74, 6) is 0.900. The van der Waals surface area contributed by atoms with Gasteiger partial charge in [0.25, 0.3) is 0 Å². The van der Waals surface area contributed by atoms with Crippen molar-refractivity contribution in [2.75, 3.05) is 32.1 Å². The molecule has 1 aromatic heterocycles. The molecule has 1 aliphatic heterocycles. The number of hydrogen-bond donors (Lipinski definition) is 0. The normalized spacial score (nSPS) is 17.7. The predicted octanol–water partition coefficient (Wildman–Crippen LogP) is 1.81. The summed E-state index contributed by atoms with van der Waals surface area (Å²) < 4.78 is 0. The number of Topliss-reactive ketones (excluding diaryl/α,β-unsaturated/α-hetero) is 1. The Labute approximate surface area is 109 Å². The van der Waals surface area contributed by atoms with Crippen molar-refractivity contribution in [3.8, 4) is 0 Å². The maximum Gasteiger partial charge on any atom is 0.163 e. The molecular formula is C14H21N3O. The fourth-order valence-corrected chi connectivity index (χ4v) is 2.51. The van der Waals surface area contributed by atoms with Gasteiger partial charge in [0.15, 0.2) is 5.78 Å². The van der Waals surface area contributed by atoms with Crippen molar-refractivity contribution in [1.29, 1.82) is 0 Å². The van der Waals surface area contributed by atoms with Crippen LogP contribution in [0.2, 0.25) is 0 Å². The quantitative estimate of drug-likeness (QED) is 0.763. The highest BCUT2D eigenvalue weighted by atomic mass is 16.1. The summed E-state index contributed by atoms with van der Waals surface area (Å²) in [4.78, 5) is 20.5. The molecule has 0 radical (unpaired) electrons. The van der Waals surface area contributed by atoms with Gasteiger partial charge in [-0.25, -0.2) is 4.98 Å². The SMILES string of the molecule is CC(=O)c1cccnc1N(C)C1CCN(C)CC1. The molecule has 0 saturated carbocycles. The Hall–Kier alpha value is -1.42. The largest absolute Gasteiger partial charge is 0.356 e. The van der Waals surface area contributed by atoms with E-state index in [2.05, 4.69) is 21.8 Å². The number of piperidine rings is 1. The molecule has 2 rings (SSSR count). The zero-order valence-electron chi connectivity index (χ0n) is 11.4. The second kappa shape index (κ2) is 5.48. The third kappa shape index (κ3) is 2.70. The topological polar surface area (TPSA) is 36.4 Å². The van der Waals surface area contributed by atoms with E-state index in [1.807, 2.05) is 19.2 Å². The lowest BCUT2D eigenvalue weighted by Crippen LogP contribution is -2.42. The van der Waals surface area contributed by atoms with Crippen molar-refractivity contribution in [2.24, 2.45) is 0 Å². The van der Waals surface area contributed by atoms with Gasteiger partial charge in [-0.15, -0.1) is 0 Å². The number of ketones is 1. The van der Waals surface area contributed by atoms with E-state index in [1.54, 1.807) is 13.1 Å². The van der Waals surface area contributed by atoms with E-state index in [-0.39, 0.29) is 5.78 Å². The Kier molecular flexibility index (Phi) is 3.97. The summed E-state index contributed by atoms with van der Waals surface area (Å²) in [5.41, 5.74) is 0.721. The van der Waals surface area contributed by atoms with Crippen LogP contribution in [-0.2, 0) is 0 Å². The molecule has 0 bridgehead atoms. The van der Waals surface area contributed by atoms with Gasteiger partial charge < -0.3 is 9.80 Å². The Morgan fingerprint density at radius 2 is 2.11 bits per heavy atom. The predicted molar refractivity (Wildman–Crippen MR) is 73.2 cm³/mol. The minimum atomic E-state index is 0.0814. The van der Waals surface area contributed by atoms with E-state index in [1.165, 1.54) is 0 Å². The number of pyridine rings is 1. The highest BCUT2D eigenvalue weighted by Gasteiger charge is 2.23. The molecular weight excluding hydrogens is 226 g/mol. The van der Waals surface area contributed by atoms with Crippen LogP contribution in [0.25, 0.3) is 0 Å². The standard InChI is InChI=1S/C14H21N3O/c1-11(18)13-5-4-8-15-14(13)17(3)12-6-9-16(2)10-7-12/h4-5,8,12H,6-7,9-10H2,1-3H3. The molecule has 4 heteroatoms. The third-order valence-electron chi connectivity index (χ3n) is 3.74. The van der Waals surface area contributed by atoms with E-state index >= 15 is 0 Å². The van der Waals surface area contributed by atoms with E-state index in [0.717, 1.165) is 37.3 Å². The summed E-state index contributed by atoms with van der Waals surface area (Å²) in [7, 11) is 4.20. The van der Waals surface area contributed by atoms with Crippen LogP contribution < -0.4 is 4.90 Å². The van der Waals surface area contributed by atoms with Crippen LogP contribution in [0.3, 0.4) is 0 Å². The molecule has 0 N–H and O–H groups in total. The third-order valence-corrected chi connectivity index (χ3v) is 3.74. The molecule has 0 aromatic carbocycles. The summed E-state index contributed by atoms with van der Waals surface area (Å²) in [5, 5.41) is 0. The zero-order valence-corrected chi connectivity index (χ0v) is 11.4. The van der Waals surface area contributed by atoms with Crippen LogP contribution in [-0.4, -0.2) is 48.9 Å². The smallest absolute Gasteiger partial charge is 0.163 e. The van der Waals surface area contributed by atoms with E-state index in [9.17, 15) is 4.79 Å². The van der Waals surface area contributed by atoms with Crippen molar-refractivity contribution in [3.05, 3.63) is 23.9 Å². The van der Waals surface area contributed by atoms with Crippen molar-refractivity contribution in [3.63, 3.8) is 0 Å². The molecule has 0 atom stereocenters. The van der Waals surface area contributed by atoms with Crippen LogP contribution >= 0.6 is 0 Å². The minimum Gasteiger partial charge on any atom is -0.356 e. The van der Waals surface area contributed by atoms with Crippen molar-refractivity contribution in [1.82, 2.24) is 9.88 Å². The van der Waals surface area contributed by atoms with E-state index in [4.69, 9.17) is 0 Å². The molecule has 1 aliphatic rings. The maximum atomic E-state index is 11.6. The number of aromatic nitrogens is 1. The molecule has 1 aromatic rings. The van der Waals surface area contributed by atoms with Crippen molar-refractivity contribution >= 4 is 11.6 Å². The lowest BCUT2D eigenvalue weighted by Gasteiger charge is -2.36. The molecule has 2 heterocycles. The van der Waals surface area contributed by atoms with Crippen molar-refractivity contribution in [2.45, 2.75) is 25.8 Å². The van der Waals surface area contributed by atoms with Gasteiger partial charge in [-0.1, -0.05) is 0 Å². The number of nitrogens with zero attached hydrogens (tertiary/aromatic N) is 3. The maximum absolute atomic E-state index is 11.6. The first-order chi connectivity index (χ1) is 8.59. The number of rotatable bonds is 3. The van der Waals surface area contributed by atoms with Crippen LogP contribution in [0, 0.1) is 0 Å². The first-order valence-electron chi connectivity index (χ1n) is 6.47. The average molecular weight is 247 g/mol. The molecule has 4 nitrogen and oxygen atoms in total. The lowest BCUT2D eigenvalue weighted by molar-refractivity contribution is 0.101.